The maximum atomic E-state index is 12.5. The molecule has 0 fully saturated rings. The number of para-hydroxylation sites is 2. The third kappa shape index (κ3) is 5.20. The van der Waals surface area contributed by atoms with Crippen LogP contribution in [0.25, 0.3) is 0 Å². The SMILES string of the molecule is O=C(Oc1ccccc1[C@@H](O)[C@H](O)c1ccccc1OC(=O)c1ccccc1)c1ccccc1. The molecule has 0 aromatic heterocycles. The normalized spacial score (nSPS) is 12.4. The van der Waals surface area contributed by atoms with Crippen molar-refractivity contribution in [1.29, 1.82) is 0 Å². The molecule has 0 aliphatic heterocycles. The van der Waals surface area contributed by atoms with Crippen LogP contribution in [-0.4, -0.2) is 22.2 Å². The van der Waals surface area contributed by atoms with Crippen molar-refractivity contribution in [3.8, 4) is 11.5 Å². The average Bonchev–Trinajstić information content (AvgIpc) is 2.89. The highest BCUT2D eigenvalue weighted by Crippen LogP contribution is 2.38. The van der Waals surface area contributed by atoms with E-state index in [1.807, 2.05) is 0 Å². The number of aliphatic hydroxyl groups is 2. The molecular formula is C28H22O6. The van der Waals surface area contributed by atoms with Crippen molar-refractivity contribution in [3.63, 3.8) is 0 Å². The molecule has 34 heavy (non-hydrogen) atoms. The highest BCUT2D eigenvalue weighted by atomic mass is 16.5. The van der Waals surface area contributed by atoms with Crippen LogP contribution in [0.4, 0.5) is 0 Å². The van der Waals surface area contributed by atoms with Crippen LogP contribution < -0.4 is 9.47 Å². The first kappa shape index (κ1) is 22.9. The predicted octanol–water partition coefficient (Wildman–Crippen LogP) is 4.89. The third-order valence-electron chi connectivity index (χ3n) is 5.20. The van der Waals surface area contributed by atoms with E-state index in [9.17, 15) is 19.8 Å². The van der Waals surface area contributed by atoms with Gasteiger partial charge in [-0.2, -0.15) is 0 Å². The number of aliphatic hydroxyl groups excluding tert-OH is 2. The first-order valence-electron chi connectivity index (χ1n) is 10.6. The number of esters is 2. The summed E-state index contributed by atoms with van der Waals surface area (Å²) in [4.78, 5) is 25.0. The molecule has 2 N–H and O–H groups in total. The summed E-state index contributed by atoms with van der Waals surface area (Å²) in [5.74, 6) is -0.956. The van der Waals surface area contributed by atoms with E-state index in [2.05, 4.69) is 0 Å². The van der Waals surface area contributed by atoms with Gasteiger partial charge in [0.1, 0.15) is 23.7 Å². The van der Waals surface area contributed by atoms with E-state index in [1.165, 1.54) is 12.1 Å². The van der Waals surface area contributed by atoms with Crippen molar-refractivity contribution in [2.45, 2.75) is 12.2 Å². The maximum absolute atomic E-state index is 12.5. The van der Waals surface area contributed by atoms with E-state index in [0.29, 0.717) is 11.1 Å². The maximum Gasteiger partial charge on any atom is 0.343 e. The summed E-state index contributed by atoms with van der Waals surface area (Å²) in [5.41, 5.74) is 1.13. The fourth-order valence-corrected chi connectivity index (χ4v) is 3.44. The molecule has 4 aromatic rings. The lowest BCUT2D eigenvalue weighted by Gasteiger charge is -2.22. The summed E-state index contributed by atoms with van der Waals surface area (Å²) >= 11 is 0. The molecular weight excluding hydrogens is 432 g/mol. The van der Waals surface area contributed by atoms with Crippen molar-refractivity contribution in [1.82, 2.24) is 0 Å². The summed E-state index contributed by atoms with van der Waals surface area (Å²) in [6.45, 7) is 0. The smallest absolute Gasteiger partial charge is 0.343 e. The van der Waals surface area contributed by atoms with Crippen molar-refractivity contribution in [2.75, 3.05) is 0 Å². The second-order valence-electron chi connectivity index (χ2n) is 7.48. The molecule has 0 unspecified atom stereocenters. The lowest BCUT2D eigenvalue weighted by Crippen LogP contribution is -2.16. The number of carbonyl (C=O) groups is 2. The Morgan fingerprint density at radius 1 is 0.500 bits per heavy atom. The molecule has 0 saturated heterocycles. The molecule has 4 aromatic carbocycles. The predicted molar refractivity (Wildman–Crippen MR) is 126 cm³/mol. The fourth-order valence-electron chi connectivity index (χ4n) is 3.44. The number of hydrogen-bond acceptors (Lipinski definition) is 6. The Kier molecular flexibility index (Phi) is 7.13. The largest absolute Gasteiger partial charge is 0.423 e. The average molecular weight is 454 g/mol. The van der Waals surface area contributed by atoms with Crippen molar-refractivity contribution < 1.29 is 29.3 Å². The number of rotatable bonds is 7. The molecule has 170 valence electrons. The molecule has 0 spiro atoms. The van der Waals surface area contributed by atoms with Gasteiger partial charge in [-0.1, -0.05) is 72.8 Å². The van der Waals surface area contributed by atoms with Gasteiger partial charge in [-0.3, -0.25) is 0 Å². The van der Waals surface area contributed by atoms with Gasteiger partial charge in [0.2, 0.25) is 0 Å². The summed E-state index contributed by atoms with van der Waals surface area (Å²) in [5, 5.41) is 22.0. The highest BCUT2D eigenvalue weighted by Gasteiger charge is 2.27. The Hall–Kier alpha value is -4.26. The first-order chi connectivity index (χ1) is 16.5. The van der Waals surface area contributed by atoms with E-state index in [4.69, 9.17) is 9.47 Å². The zero-order valence-electron chi connectivity index (χ0n) is 18.1. The number of carbonyl (C=O) groups excluding carboxylic acids is 2. The van der Waals surface area contributed by atoms with Crippen molar-refractivity contribution in [2.24, 2.45) is 0 Å². The Balaban J connectivity index is 1.57. The van der Waals surface area contributed by atoms with E-state index >= 15 is 0 Å². The fraction of sp³-hybridized carbons (Fsp3) is 0.0714. The summed E-state index contributed by atoms with van der Waals surface area (Å²) in [6.07, 6.45) is -2.92. The molecule has 6 nitrogen and oxygen atoms in total. The summed E-state index contributed by atoms with van der Waals surface area (Å²) in [7, 11) is 0. The van der Waals surface area contributed by atoms with Gasteiger partial charge in [-0.15, -0.1) is 0 Å². The first-order valence-corrected chi connectivity index (χ1v) is 10.6. The van der Waals surface area contributed by atoms with Gasteiger partial charge in [-0.25, -0.2) is 9.59 Å². The van der Waals surface area contributed by atoms with Crippen molar-refractivity contribution in [3.05, 3.63) is 131 Å². The lowest BCUT2D eigenvalue weighted by atomic mass is 9.97. The number of benzene rings is 4. The molecule has 2 atom stereocenters. The Morgan fingerprint density at radius 2 is 0.824 bits per heavy atom. The minimum atomic E-state index is -1.46. The van der Waals surface area contributed by atoms with E-state index in [0.717, 1.165) is 0 Å². The second kappa shape index (κ2) is 10.6. The molecule has 0 aliphatic rings. The van der Waals surface area contributed by atoms with Crippen LogP contribution in [-0.2, 0) is 0 Å². The van der Waals surface area contributed by atoms with Gasteiger partial charge in [0, 0.05) is 11.1 Å². The molecule has 0 heterocycles. The van der Waals surface area contributed by atoms with Crippen molar-refractivity contribution >= 4 is 11.9 Å². The number of ether oxygens (including phenoxy) is 2. The van der Waals surface area contributed by atoms with Crippen LogP contribution in [0.5, 0.6) is 11.5 Å². The van der Waals surface area contributed by atoms with Gasteiger partial charge in [0.25, 0.3) is 0 Å². The standard InChI is InChI=1S/C28H22O6/c29-25(21-15-7-9-17-23(21)33-27(31)19-11-3-1-4-12-19)26(30)22-16-8-10-18-24(22)34-28(32)20-13-5-2-6-14-20/h1-18,25-26,29-30H/t25-,26-/m1/s1. The molecule has 0 aliphatic carbocycles. The summed E-state index contributed by atoms with van der Waals surface area (Å²) in [6, 6.07) is 29.7. The molecule has 4 rings (SSSR count). The number of hydrogen-bond donors (Lipinski definition) is 2. The Labute approximate surface area is 196 Å². The van der Waals surface area contributed by atoms with E-state index in [-0.39, 0.29) is 22.6 Å². The van der Waals surface area contributed by atoms with Gasteiger partial charge in [-0.05, 0) is 36.4 Å². The van der Waals surface area contributed by atoms with Crippen LogP contribution >= 0.6 is 0 Å². The third-order valence-corrected chi connectivity index (χ3v) is 5.20. The highest BCUT2D eigenvalue weighted by molar-refractivity contribution is 5.91. The monoisotopic (exact) mass is 454 g/mol. The van der Waals surface area contributed by atoms with Crippen LogP contribution in [0.3, 0.4) is 0 Å². The van der Waals surface area contributed by atoms with Gasteiger partial charge >= 0.3 is 11.9 Å². The molecule has 0 bridgehead atoms. The molecule has 6 heteroatoms. The molecule has 0 amide bonds. The van der Waals surface area contributed by atoms with Crippen LogP contribution in [0.15, 0.2) is 109 Å². The topological polar surface area (TPSA) is 93.1 Å². The Bertz CT molecular complexity index is 1170. The lowest BCUT2D eigenvalue weighted by molar-refractivity contribution is 0.0138. The van der Waals surface area contributed by atoms with Gasteiger partial charge in [0.05, 0.1) is 11.1 Å². The quantitative estimate of drug-likeness (QED) is 0.305. The van der Waals surface area contributed by atoms with Crippen LogP contribution in [0.1, 0.15) is 44.1 Å². The zero-order chi connectivity index (χ0) is 23.9. The molecule has 0 radical (unpaired) electrons. The van der Waals surface area contributed by atoms with E-state index in [1.54, 1.807) is 97.1 Å². The second-order valence-corrected chi connectivity index (χ2v) is 7.48. The minimum absolute atomic E-state index is 0.113. The van der Waals surface area contributed by atoms with Crippen LogP contribution in [0.2, 0.25) is 0 Å². The van der Waals surface area contributed by atoms with E-state index < -0.39 is 24.1 Å². The van der Waals surface area contributed by atoms with Gasteiger partial charge in [0.15, 0.2) is 0 Å². The summed E-state index contributed by atoms with van der Waals surface area (Å²) < 4.78 is 11.0. The zero-order valence-corrected chi connectivity index (χ0v) is 18.1. The minimum Gasteiger partial charge on any atom is -0.423 e. The molecule has 0 saturated carbocycles. The van der Waals surface area contributed by atoms with Gasteiger partial charge < -0.3 is 19.7 Å². The Morgan fingerprint density at radius 3 is 1.21 bits per heavy atom. The van der Waals surface area contributed by atoms with Crippen LogP contribution in [0, 0.1) is 0 Å².